The van der Waals surface area contributed by atoms with E-state index in [1.807, 2.05) is 24.4 Å². The quantitative estimate of drug-likeness (QED) is 0.764. The Morgan fingerprint density at radius 2 is 1.92 bits per heavy atom. The molecule has 0 atom stereocenters. The van der Waals surface area contributed by atoms with Crippen LogP contribution in [0.2, 0.25) is 5.02 Å². The van der Waals surface area contributed by atoms with Crippen molar-refractivity contribution in [1.29, 1.82) is 0 Å². The zero-order chi connectivity index (χ0) is 16.9. The van der Waals surface area contributed by atoms with Crippen molar-refractivity contribution in [2.45, 2.75) is 70.6 Å². The normalized spacial score (nSPS) is 21.3. The fourth-order valence-corrected chi connectivity index (χ4v) is 3.78. The highest BCUT2D eigenvalue weighted by Gasteiger charge is 2.24. The Kier molecular flexibility index (Phi) is 5.96. The maximum atomic E-state index is 6.39. The van der Waals surface area contributed by atoms with Gasteiger partial charge < -0.3 is 10.1 Å². The number of hydrogen-bond donors (Lipinski definition) is 1. The summed E-state index contributed by atoms with van der Waals surface area (Å²) in [6.45, 7) is 4.51. The summed E-state index contributed by atoms with van der Waals surface area (Å²) >= 11 is 6.39. The van der Waals surface area contributed by atoms with E-state index >= 15 is 0 Å². The van der Waals surface area contributed by atoms with Crippen LogP contribution in [0, 0.1) is 0 Å². The monoisotopic (exact) mass is 346 g/mol. The second kappa shape index (κ2) is 8.17. The molecule has 1 aromatic heterocycles. The van der Waals surface area contributed by atoms with Crippen LogP contribution in [0.5, 0.6) is 5.75 Å². The number of benzene rings is 1. The van der Waals surface area contributed by atoms with Gasteiger partial charge in [0, 0.05) is 29.9 Å². The largest absolute Gasteiger partial charge is 0.489 e. The second-order valence-corrected chi connectivity index (χ2v) is 7.18. The third-order valence-electron chi connectivity index (χ3n) is 5.12. The summed E-state index contributed by atoms with van der Waals surface area (Å²) in [4.78, 5) is 4.14. The molecule has 1 aliphatic rings. The van der Waals surface area contributed by atoms with Gasteiger partial charge >= 0.3 is 0 Å². The standard InChI is InChI=1S/C20H27ClN2O/c1-3-16(4-2)23-17-5-7-18(8-6-17)24-20-12-14-9-10-22-13-15(14)11-19(20)21/h9-13,16-18,23H,3-8H2,1-2H3/t17-,18+. The summed E-state index contributed by atoms with van der Waals surface area (Å²) in [5.41, 5.74) is 0. The highest BCUT2D eigenvalue weighted by molar-refractivity contribution is 6.32. The van der Waals surface area contributed by atoms with Crippen LogP contribution in [-0.4, -0.2) is 23.2 Å². The topological polar surface area (TPSA) is 34.1 Å². The molecule has 24 heavy (non-hydrogen) atoms. The SMILES string of the molecule is CCC(CC)N[C@H]1CC[C@@H](Oc2cc3ccncc3cc2Cl)CC1. The predicted octanol–water partition coefficient (Wildman–Crippen LogP) is 5.36. The van der Waals surface area contributed by atoms with Crippen molar-refractivity contribution in [3.05, 3.63) is 35.6 Å². The van der Waals surface area contributed by atoms with E-state index in [1.54, 1.807) is 6.20 Å². The van der Waals surface area contributed by atoms with Gasteiger partial charge in [-0.3, -0.25) is 4.98 Å². The van der Waals surface area contributed by atoms with Crippen LogP contribution >= 0.6 is 11.6 Å². The number of fused-ring (bicyclic) bond motifs is 1. The molecule has 0 unspecified atom stereocenters. The van der Waals surface area contributed by atoms with Crippen LogP contribution in [0.25, 0.3) is 10.8 Å². The lowest BCUT2D eigenvalue weighted by Gasteiger charge is -2.32. The van der Waals surface area contributed by atoms with E-state index in [1.165, 1.54) is 25.7 Å². The maximum Gasteiger partial charge on any atom is 0.138 e. The van der Waals surface area contributed by atoms with Crippen molar-refractivity contribution in [3.63, 3.8) is 0 Å². The number of rotatable bonds is 6. The summed E-state index contributed by atoms with van der Waals surface area (Å²) in [5.74, 6) is 0.798. The van der Waals surface area contributed by atoms with Crippen LogP contribution in [-0.2, 0) is 0 Å². The Hall–Kier alpha value is -1.32. The molecule has 0 saturated heterocycles. The van der Waals surface area contributed by atoms with Crippen molar-refractivity contribution >= 4 is 22.4 Å². The Bertz CT molecular complexity index is 664. The Balaban J connectivity index is 1.59. The van der Waals surface area contributed by atoms with Crippen LogP contribution in [0.4, 0.5) is 0 Å². The first kappa shape index (κ1) is 17.5. The molecule has 3 rings (SSSR count). The van der Waals surface area contributed by atoms with Crippen LogP contribution in [0.1, 0.15) is 52.4 Å². The lowest BCUT2D eigenvalue weighted by atomic mass is 9.92. The number of pyridine rings is 1. The van der Waals surface area contributed by atoms with E-state index in [2.05, 4.69) is 24.1 Å². The summed E-state index contributed by atoms with van der Waals surface area (Å²) < 4.78 is 6.22. The number of aromatic nitrogens is 1. The average Bonchev–Trinajstić information content (AvgIpc) is 2.61. The van der Waals surface area contributed by atoms with E-state index in [9.17, 15) is 0 Å². The van der Waals surface area contributed by atoms with Crippen molar-refractivity contribution in [2.75, 3.05) is 0 Å². The molecule has 2 aromatic rings. The smallest absolute Gasteiger partial charge is 0.138 e. The highest BCUT2D eigenvalue weighted by Crippen LogP contribution is 2.33. The van der Waals surface area contributed by atoms with Crippen molar-refractivity contribution < 1.29 is 4.74 Å². The van der Waals surface area contributed by atoms with Gasteiger partial charge in [0.25, 0.3) is 0 Å². The molecule has 1 fully saturated rings. The molecule has 0 aliphatic heterocycles. The lowest BCUT2D eigenvalue weighted by molar-refractivity contribution is 0.136. The van der Waals surface area contributed by atoms with Crippen LogP contribution in [0.3, 0.4) is 0 Å². The van der Waals surface area contributed by atoms with Crippen molar-refractivity contribution in [3.8, 4) is 5.75 Å². The fourth-order valence-electron chi connectivity index (χ4n) is 3.56. The summed E-state index contributed by atoms with van der Waals surface area (Å²) in [6, 6.07) is 7.26. The fraction of sp³-hybridized carbons (Fsp3) is 0.550. The first-order valence-electron chi connectivity index (χ1n) is 9.15. The van der Waals surface area contributed by atoms with Gasteiger partial charge in [-0.25, -0.2) is 0 Å². The second-order valence-electron chi connectivity index (χ2n) is 6.78. The van der Waals surface area contributed by atoms with Crippen LogP contribution < -0.4 is 10.1 Å². The number of hydrogen-bond acceptors (Lipinski definition) is 3. The summed E-state index contributed by atoms with van der Waals surface area (Å²) in [7, 11) is 0. The van der Waals surface area contributed by atoms with E-state index in [4.69, 9.17) is 16.3 Å². The number of halogens is 1. The molecule has 0 amide bonds. The number of nitrogens with zero attached hydrogens (tertiary/aromatic N) is 1. The van der Waals surface area contributed by atoms with Gasteiger partial charge in [-0.2, -0.15) is 0 Å². The minimum absolute atomic E-state index is 0.265. The Morgan fingerprint density at radius 1 is 1.17 bits per heavy atom. The Labute approximate surface area is 149 Å². The molecule has 1 heterocycles. The third kappa shape index (κ3) is 4.20. The molecule has 130 valence electrons. The zero-order valence-corrected chi connectivity index (χ0v) is 15.4. The van der Waals surface area contributed by atoms with Gasteiger partial charge in [0.15, 0.2) is 0 Å². The van der Waals surface area contributed by atoms with E-state index < -0.39 is 0 Å². The molecular weight excluding hydrogens is 320 g/mol. The molecule has 1 aliphatic carbocycles. The molecule has 1 saturated carbocycles. The summed E-state index contributed by atoms with van der Waals surface area (Å²) in [6.07, 6.45) is 10.8. The molecule has 1 N–H and O–H groups in total. The van der Waals surface area contributed by atoms with Crippen molar-refractivity contribution in [1.82, 2.24) is 10.3 Å². The molecular formula is C20H27ClN2O. The van der Waals surface area contributed by atoms with Gasteiger partial charge in [0.2, 0.25) is 0 Å². The predicted molar refractivity (Wildman–Crippen MR) is 101 cm³/mol. The third-order valence-corrected chi connectivity index (χ3v) is 5.41. The van der Waals surface area contributed by atoms with E-state index in [0.717, 1.165) is 29.4 Å². The van der Waals surface area contributed by atoms with Gasteiger partial charge in [0.1, 0.15) is 5.75 Å². The average molecular weight is 347 g/mol. The Morgan fingerprint density at radius 3 is 2.62 bits per heavy atom. The van der Waals surface area contributed by atoms with Gasteiger partial charge in [0.05, 0.1) is 11.1 Å². The number of ether oxygens (including phenoxy) is 1. The van der Waals surface area contributed by atoms with Gasteiger partial charge in [-0.05, 0) is 62.1 Å². The zero-order valence-electron chi connectivity index (χ0n) is 14.6. The first-order chi connectivity index (χ1) is 11.7. The minimum atomic E-state index is 0.265. The highest BCUT2D eigenvalue weighted by atomic mass is 35.5. The van der Waals surface area contributed by atoms with E-state index in [-0.39, 0.29) is 6.10 Å². The molecule has 3 nitrogen and oxygen atoms in total. The summed E-state index contributed by atoms with van der Waals surface area (Å²) in [5, 5.41) is 6.63. The molecule has 0 bridgehead atoms. The van der Waals surface area contributed by atoms with Crippen molar-refractivity contribution in [2.24, 2.45) is 0 Å². The van der Waals surface area contributed by atoms with E-state index in [0.29, 0.717) is 17.1 Å². The molecule has 1 aromatic carbocycles. The van der Waals surface area contributed by atoms with Crippen LogP contribution in [0.15, 0.2) is 30.6 Å². The maximum absolute atomic E-state index is 6.39. The molecule has 0 radical (unpaired) electrons. The minimum Gasteiger partial charge on any atom is -0.489 e. The number of nitrogens with one attached hydrogen (secondary N) is 1. The van der Waals surface area contributed by atoms with Gasteiger partial charge in [-0.15, -0.1) is 0 Å². The lowest BCUT2D eigenvalue weighted by Crippen LogP contribution is -2.41. The van der Waals surface area contributed by atoms with Gasteiger partial charge in [-0.1, -0.05) is 25.4 Å². The molecule has 4 heteroatoms. The first-order valence-corrected chi connectivity index (χ1v) is 9.53. The molecule has 0 spiro atoms.